The third kappa shape index (κ3) is 10.4. The van der Waals surface area contributed by atoms with E-state index in [1.807, 2.05) is 0 Å². The second kappa shape index (κ2) is 16.4. The van der Waals surface area contributed by atoms with Crippen LogP contribution < -0.4 is 0 Å². The molecule has 0 radical (unpaired) electrons. The lowest BCUT2D eigenvalue weighted by atomic mass is 9.77. The number of hydrogen-bond donors (Lipinski definition) is 0. The van der Waals surface area contributed by atoms with Crippen LogP contribution in [0.15, 0.2) is 30.3 Å². The largest absolute Gasteiger partial charge is 0.0654 e. The first-order valence-corrected chi connectivity index (χ1v) is 11.9. The summed E-state index contributed by atoms with van der Waals surface area (Å²) in [6, 6.07) is 11.4. The molecule has 0 saturated carbocycles. The molecule has 0 aromatic heterocycles. The van der Waals surface area contributed by atoms with Crippen LogP contribution in [0.5, 0.6) is 0 Å². The van der Waals surface area contributed by atoms with E-state index in [2.05, 4.69) is 51.1 Å². The Morgan fingerprint density at radius 1 is 0.538 bits per heavy atom. The van der Waals surface area contributed by atoms with Crippen LogP contribution in [0, 0.1) is 5.92 Å². The standard InChI is InChI=1S/C26H46/c1-4-7-9-10-11-12-13-14-18-23-26(25-21-16-15-17-22-25)24(19-6-3)20-8-5-2/h15-17,21-22,24,26H,4-14,18-20,23H2,1-3H3. The molecular weight excluding hydrogens is 312 g/mol. The lowest BCUT2D eigenvalue weighted by Crippen LogP contribution is -2.13. The lowest BCUT2D eigenvalue weighted by Gasteiger charge is -2.28. The maximum atomic E-state index is 2.38. The highest BCUT2D eigenvalue weighted by Gasteiger charge is 2.21. The first-order chi connectivity index (χ1) is 12.8. The van der Waals surface area contributed by atoms with Gasteiger partial charge >= 0.3 is 0 Å². The molecule has 0 bridgehead atoms. The Morgan fingerprint density at radius 2 is 1.12 bits per heavy atom. The minimum absolute atomic E-state index is 0.784. The second-order valence-electron chi connectivity index (χ2n) is 8.33. The SMILES string of the molecule is CCCCCCCCCCCC(c1ccccc1)C(CCC)CCCC. The van der Waals surface area contributed by atoms with Crippen molar-refractivity contribution in [1.29, 1.82) is 0 Å². The van der Waals surface area contributed by atoms with Crippen molar-refractivity contribution in [3.05, 3.63) is 35.9 Å². The highest BCUT2D eigenvalue weighted by atomic mass is 14.3. The average molecular weight is 359 g/mol. The molecule has 0 heterocycles. The van der Waals surface area contributed by atoms with Crippen LogP contribution in [-0.2, 0) is 0 Å². The van der Waals surface area contributed by atoms with E-state index in [1.54, 1.807) is 5.56 Å². The van der Waals surface area contributed by atoms with Gasteiger partial charge in [-0.2, -0.15) is 0 Å². The molecule has 0 aliphatic carbocycles. The van der Waals surface area contributed by atoms with Gasteiger partial charge in [0.15, 0.2) is 0 Å². The summed E-state index contributed by atoms with van der Waals surface area (Å²) in [6.45, 7) is 7.00. The van der Waals surface area contributed by atoms with E-state index in [9.17, 15) is 0 Å². The lowest BCUT2D eigenvalue weighted by molar-refractivity contribution is 0.333. The van der Waals surface area contributed by atoms with Crippen LogP contribution in [0.25, 0.3) is 0 Å². The van der Waals surface area contributed by atoms with Crippen LogP contribution >= 0.6 is 0 Å². The van der Waals surface area contributed by atoms with Gasteiger partial charge in [0.25, 0.3) is 0 Å². The van der Waals surface area contributed by atoms with Gasteiger partial charge in [-0.1, -0.05) is 135 Å². The summed E-state index contributed by atoms with van der Waals surface area (Å²) in [5.41, 5.74) is 1.60. The van der Waals surface area contributed by atoms with Crippen LogP contribution in [0.2, 0.25) is 0 Å². The molecule has 0 spiro atoms. The molecule has 0 aliphatic heterocycles. The summed E-state index contributed by atoms with van der Waals surface area (Å²) < 4.78 is 0. The summed E-state index contributed by atoms with van der Waals surface area (Å²) in [5, 5.41) is 0. The molecule has 2 unspecified atom stereocenters. The molecule has 1 rings (SSSR count). The normalized spacial score (nSPS) is 13.7. The number of rotatable bonds is 17. The minimum atomic E-state index is 0.784. The quantitative estimate of drug-likeness (QED) is 0.243. The Hall–Kier alpha value is -0.780. The molecule has 0 amide bonds. The fourth-order valence-corrected chi connectivity index (χ4v) is 4.43. The zero-order valence-electron chi connectivity index (χ0n) is 18.1. The summed E-state index contributed by atoms with van der Waals surface area (Å²) in [4.78, 5) is 0. The number of unbranched alkanes of at least 4 members (excludes halogenated alkanes) is 9. The van der Waals surface area contributed by atoms with Crippen LogP contribution in [0.3, 0.4) is 0 Å². The Morgan fingerprint density at radius 3 is 1.69 bits per heavy atom. The van der Waals surface area contributed by atoms with Crippen molar-refractivity contribution >= 4 is 0 Å². The third-order valence-corrected chi connectivity index (χ3v) is 6.00. The van der Waals surface area contributed by atoms with Crippen molar-refractivity contribution in [3.63, 3.8) is 0 Å². The van der Waals surface area contributed by atoms with E-state index in [-0.39, 0.29) is 0 Å². The van der Waals surface area contributed by atoms with E-state index in [4.69, 9.17) is 0 Å². The summed E-state index contributed by atoms with van der Waals surface area (Å²) >= 11 is 0. The van der Waals surface area contributed by atoms with Crippen molar-refractivity contribution in [2.45, 2.75) is 123 Å². The summed E-state index contributed by atoms with van der Waals surface area (Å²) in [5.74, 6) is 1.67. The van der Waals surface area contributed by atoms with E-state index in [0.717, 1.165) is 11.8 Å². The topological polar surface area (TPSA) is 0 Å². The number of hydrogen-bond acceptors (Lipinski definition) is 0. The van der Waals surface area contributed by atoms with Gasteiger partial charge in [-0.15, -0.1) is 0 Å². The van der Waals surface area contributed by atoms with Gasteiger partial charge in [-0.25, -0.2) is 0 Å². The maximum absolute atomic E-state index is 2.38. The molecule has 150 valence electrons. The molecule has 0 saturated heterocycles. The first kappa shape index (κ1) is 23.3. The second-order valence-corrected chi connectivity index (χ2v) is 8.33. The smallest absolute Gasteiger partial charge is 0.0134 e. The molecule has 1 aromatic carbocycles. The Bertz CT molecular complexity index is 394. The van der Waals surface area contributed by atoms with Crippen molar-refractivity contribution in [3.8, 4) is 0 Å². The van der Waals surface area contributed by atoms with Gasteiger partial charge in [-0.05, 0) is 30.2 Å². The zero-order valence-corrected chi connectivity index (χ0v) is 18.1. The molecule has 26 heavy (non-hydrogen) atoms. The molecule has 0 N–H and O–H groups in total. The molecule has 0 nitrogen and oxygen atoms in total. The Kier molecular flexibility index (Phi) is 14.7. The Labute approximate surface area is 165 Å². The molecule has 0 fully saturated rings. The van der Waals surface area contributed by atoms with Gasteiger partial charge in [0.2, 0.25) is 0 Å². The molecule has 1 aromatic rings. The van der Waals surface area contributed by atoms with Gasteiger partial charge in [-0.3, -0.25) is 0 Å². The molecule has 0 aliphatic rings. The van der Waals surface area contributed by atoms with Gasteiger partial charge in [0.1, 0.15) is 0 Å². The van der Waals surface area contributed by atoms with Gasteiger partial charge < -0.3 is 0 Å². The van der Waals surface area contributed by atoms with E-state index < -0.39 is 0 Å². The van der Waals surface area contributed by atoms with Gasteiger partial charge in [0.05, 0.1) is 0 Å². The molecule has 2 atom stereocenters. The monoisotopic (exact) mass is 358 g/mol. The fourth-order valence-electron chi connectivity index (χ4n) is 4.43. The third-order valence-electron chi connectivity index (χ3n) is 6.00. The van der Waals surface area contributed by atoms with Crippen molar-refractivity contribution < 1.29 is 0 Å². The average Bonchev–Trinajstić information content (AvgIpc) is 2.68. The zero-order chi connectivity index (χ0) is 18.9. The minimum Gasteiger partial charge on any atom is -0.0654 e. The van der Waals surface area contributed by atoms with Crippen LogP contribution in [0.4, 0.5) is 0 Å². The van der Waals surface area contributed by atoms with E-state index in [0.29, 0.717) is 0 Å². The summed E-state index contributed by atoms with van der Waals surface area (Å²) in [7, 11) is 0. The van der Waals surface area contributed by atoms with Gasteiger partial charge in [0, 0.05) is 0 Å². The van der Waals surface area contributed by atoms with Crippen LogP contribution in [-0.4, -0.2) is 0 Å². The summed E-state index contributed by atoms with van der Waals surface area (Å²) in [6.07, 6.45) is 21.2. The maximum Gasteiger partial charge on any atom is -0.0134 e. The number of benzene rings is 1. The molecule has 0 heteroatoms. The fraction of sp³-hybridized carbons (Fsp3) is 0.769. The first-order valence-electron chi connectivity index (χ1n) is 11.9. The molecular formula is C26H46. The highest BCUT2D eigenvalue weighted by Crippen LogP contribution is 2.36. The van der Waals surface area contributed by atoms with Crippen LogP contribution in [0.1, 0.15) is 129 Å². The van der Waals surface area contributed by atoms with Crippen molar-refractivity contribution in [2.24, 2.45) is 5.92 Å². The van der Waals surface area contributed by atoms with Crippen molar-refractivity contribution in [2.75, 3.05) is 0 Å². The Balaban J connectivity index is 2.42. The predicted molar refractivity (Wildman–Crippen MR) is 119 cm³/mol. The van der Waals surface area contributed by atoms with E-state index >= 15 is 0 Å². The highest BCUT2D eigenvalue weighted by molar-refractivity contribution is 5.20. The van der Waals surface area contributed by atoms with Crippen molar-refractivity contribution in [1.82, 2.24) is 0 Å². The predicted octanol–water partition coefficient (Wildman–Crippen LogP) is 9.30. The van der Waals surface area contributed by atoms with E-state index in [1.165, 1.54) is 96.3 Å².